The molecule has 0 amide bonds. The van der Waals surface area contributed by atoms with E-state index in [0.29, 0.717) is 13.1 Å². The summed E-state index contributed by atoms with van der Waals surface area (Å²) in [6.45, 7) is 2.17. The number of benzene rings is 2. The molecule has 3 atom stereocenters. The highest BCUT2D eigenvalue weighted by molar-refractivity contribution is 5.94. The van der Waals surface area contributed by atoms with Crippen LogP contribution in [0.1, 0.15) is 31.4 Å². The predicted octanol–water partition coefficient (Wildman–Crippen LogP) is 4.35. The van der Waals surface area contributed by atoms with Crippen molar-refractivity contribution < 1.29 is 31.8 Å². The maximum atomic E-state index is 15.2. The molecule has 2 bridgehead atoms. The van der Waals surface area contributed by atoms with Gasteiger partial charge in [-0.05, 0) is 62.9 Å². The monoisotopic (exact) mass is 616 g/mol. The van der Waals surface area contributed by atoms with Gasteiger partial charge < -0.3 is 25.0 Å². The molecule has 4 aliphatic heterocycles. The molecule has 8 rings (SSSR count). The molecule has 9 nitrogen and oxygen atoms in total. The molecule has 0 aliphatic carbocycles. The Hall–Kier alpha value is -4.04. The van der Waals surface area contributed by atoms with Gasteiger partial charge in [0.05, 0.1) is 11.1 Å². The zero-order valence-corrected chi connectivity index (χ0v) is 23.7. The fourth-order valence-corrected chi connectivity index (χ4v) is 6.75. The number of alkyl halides is 3. The third-order valence-corrected chi connectivity index (χ3v) is 9.03. The lowest BCUT2D eigenvalue weighted by Gasteiger charge is -2.46. The van der Waals surface area contributed by atoms with Gasteiger partial charge in [0, 0.05) is 42.7 Å². The van der Waals surface area contributed by atoms with Gasteiger partial charge in [-0.3, -0.25) is 9.36 Å². The molecule has 6 heterocycles. The fraction of sp³-hybridized carbons (Fsp3) is 0.433. The van der Waals surface area contributed by atoms with Crippen molar-refractivity contribution in [2.75, 3.05) is 38.2 Å². The van der Waals surface area contributed by atoms with Gasteiger partial charge in [-0.15, -0.1) is 0 Å². The third-order valence-electron chi connectivity index (χ3n) is 9.03. The second-order valence-electron chi connectivity index (χ2n) is 11.8. The molecule has 2 aromatic heterocycles. The molecule has 0 spiro atoms. The van der Waals surface area contributed by atoms with Gasteiger partial charge in [0.15, 0.2) is 11.6 Å². The Bertz CT molecular complexity index is 1840. The Balaban J connectivity index is 1.50. The number of hydrogen-bond acceptors (Lipinski definition) is 8. The molecule has 2 unspecified atom stereocenters. The summed E-state index contributed by atoms with van der Waals surface area (Å²) in [5.74, 6) is -3.17. The Morgan fingerprint density at radius 1 is 1.11 bits per heavy atom. The summed E-state index contributed by atoms with van der Waals surface area (Å²) in [7, 11) is 1.96. The number of nitrogens with zero attached hydrogens (tertiary/aromatic N) is 5. The van der Waals surface area contributed by atoms with Crippen molar-refractivity contribution >= 4 is 27.5 Å². The number of phenolic OH excluding ortho intramolecular Hbond substituents is 1. The number of aromatic hydroxyl groups is 1. The van der Waals surface area contributed by atoms with E-state index >= 15 is 4.39 Å². The van der Waals surface area contributed by atoms with Crippen LogP contribution in [0.2, 0.25) is 0 Å². The number of nitrogens with one attached hydrogen (secondary N) is 1. The number of ether oxygens (including phenoxy) is 1. The lowest BCUT2D eigenvalue weighted by Crippen LogP contribution is -2.61. The van der Waals surface area contributed by atoms with Crippen LogP contribution in [-0.2, 0) is 6.18 Å². The van der Waals surface area contributed by atoms with Crippen LogP contribution in [0.25, 0.3) is 27.4 Å². The quantitative estimate of drug-likeness (QED) is 0.320. The number of anilines is 1. The second kappa shape index (κ2) is 10.5. The normalized spacial score (nSPS) is 22.4. The maximum Gasteiger partial charge on any atom is 0.431 e. The van der Waals surface area contributed by atoms with Crippen LogP contribution in [0.3, 0.4) is 0 Å². The smallest absolute Gasteiger partial charge is 0.431 e. The molecule has 0 radical (unpaired) electrons. The molecule has 2 aromatic carbocycles. The van der Waals surface area contributed by atoms with Crippen LogP contribution in [0.4, 0.5) is 27.8 Å². The van der Waals surface area contributed by atoms with Crippen molar-refractivity contribution in [1.29, 1.82) is 0 Å². The number of piperidine rings is 2. The molecule has 4 aromatic rings. The molecule has 44 heavy (non-hydrogen) atoms. The summed E-state index contributed by atoms with van der Waals surface area (Å²) < 4.78 is 80.1. The number of pyridine rings is 1. The topological polar surface area (TPSA) is 95.8 Å². The lowest BCUT2D eigenvalue weighted by molar-refractivity contribution is -0.142. The molecule has 232 valence electrons. The predicted molar refractivity (Wildman–Crippen MR) is 153 cm³/mol. The highest BCUT2D eigenvalue weighted by Crippen LogP contribution is 2.39. The van der Waals surface area contributed by atoms with E-state index in [9.17, 15) is 27.5 Å². The van der Waals surface area contributed by atoms with Gasteiger partial charge in [-0.2, -0.15) is 23.1 Å². The largest absolute Gasteiger partial charge is 0.508 e. The van der Waals surface area contributed by atoms with E-state index in [-0.39, 0.29) is 57.4 Å². The number of halogens is 5. The minimum Gasteiger partial charge on any atom is -0.508 e. The molecular weight excluding hydrogens is 587 g/mol. The van der Waals surface area contributed by atoms with E-state index in [0.717, 1.165) is 62.6 Å². The standard InChI is InChI=1S/C30H29F5N6O3/c1-39-8-2-3-18(39)14-44-29-37-26-20(27(38-29)40-13-16-5-6-17(40)12-36-16)11-23(30(33,34)35)41(28(26)43)22-10-19(42)9-15-4-7-21(31)25(32)24(15)22/h4,7,9-11,16-18,36,42H,2-3,5-6,8,12-14H2,1H3/t16?,17?,18-/m0/s1. The molecule has 0 saturated carbocycles. The average Bonchev–Trinajstić information content (AvgIpc) is 3.41. The van der Waals surface area contributed by atoms with E-state index in [1.54, 1.807) is 0 Å². The average molecular weight is 617 g/mol. The first kappa shape index (κ1) is 28.7. The van der Waals surface area contributed by atoms with Crippen LogP contribution in [0.15, 0.2) is 35.1 Å². The van der Waals surface area contributed by atoms with Gasteiger partial charge in [-0.1, -0.05) is 6.07 Å². The Kier molecular flexibility index (Phi) is 6.88. The number of phenols is 1. The van der Waals surface area contributed by atoms with Gasteiger partial charge in [0.2, 0.25) is 0 Å². The fourth-order valence-electron chi connectivity index (χ4n) is 6.75. The van der Waals surface area contributed by atoms with E-state index in [2.05, 4.69) is 20.2 Å². The van der Waals surface area contributed by atoms with Crippen LogP contribution >= 0.6 is 0 Å². The second-order valence-corrected chi connectivity index (χ2v) is 11.8. The number of aromatic nitrogens is 3. The summed E-state index contributed by atoms with van der Waals surface area (Å²) in [5, 5.41) is 13.0. The summed E-state index contributed by atoms with van der Waals surface area (Å²) in [6.07, 6.45) is -1.56. The summed E-state index contributed by atoms with van der Waals surface area (Å²) in [4.78, 5) is 27.1. The molecule has 14 heteroatoms. The number of rotatable bonds is 5. The van der Waals surface area contributed by atoms with Gasteiger partial charge in [0.25, 0.3) is 5.56 Å². The maximum absolute atomic E-state index is 15.2. The summed E-state index contributed by atoms with van der Waals surface area (Å²) >= 11 is 0. The molecule has 4 fully saturated rings. The van der Waals surface area contributed by atoms with Crippen molar-refractivity contribution in [1.82, 2.24) is 24.8 Å². The summed E-state index contributed by atoms with van der Waals surface area (Å²) in [6, 6.07) is 4.49. The van der Waals surface area contributed by atoms with E-state index in [1.807, 2.05) is 11.9 Å². The number of hydrogen-bond donors (Lipinski definition) is 2. The van der Waals surface area contributed by atoms with E-state index < -0.39 is 45.9 Å². The third kappa shape index (κ3) is 4.80. The van der Waals surface area contributed by atoms with E-state index in [4.69, 9.17) is 4.74 Å². The van der Waals surface area contributed by atoms with Crippen molar-refractivity contribution in [3.05, 3.63) is 58.0 Å². The number of piperazine rings is 1. The van der Waals surface area contributed by atoms with E-state index in [1.165, 1.54) is 0 Å². The minimum absolute atomic E-state index is 0.0734. The van der Waals surface area contributed by atoms with Crippen molar-refractivity contribution in [2.45, 2.75) is 50.0 Å². The first-order chi connectivity index (χ1) is 21.0. The van der Waals surface area contributed by atoms with Crippen LogP contribution in [0.5, 0.6) is 11.8 Å². The lowest BCUT2D eigenvalue weighted by atomic mass is 9.93. The molecular formula is C30H29F5N6O3. The zero-order valence-electron chi connectivity index (χ0n) is 23.7. The first-order valence-electron chi connectivity index (χ1n) is 14.5. The Morgan fingerprint density at radius 3 is 2.59 bits per heavy atom. The minimum atomic E-state index is -5.11. The van der Waals surface area contributed by atoms with Crippen LogP contribution < -0.4 is 20.5 Å². The SMILES string of the molecule is CN1CCC[C@H]1COc1nc(N2CC3CCC2CN3)c2cc(C(F)(F)F)n(-c3cc(O)cc4ccc(F)c(F)c34)c(=O)c2n1. The Morgan fingerprint density at radius 2 is 1.93 bits per heavy atom. The number of fused-ring (bicyclic) bond motifs is 5. The highest BCUT2D eigenvalue weighted by atomic mass is 19.4. The highest BCUT2D eigenvalue weighted by Gasteiger charge is 2.40. The van der Waals surface area contributed by atoms with Crippen LogP contribution in [-0.4, -0.2) is 76.0 Å². The van der Waals surface area contributed by atoms with Crippen LogP contribution in [0, 0.1) is 11.6 Å². The first-order valence-corrected chi connectivity index (χ1v) is 14.5. The Labute approximate surface area is 247 Å². The number of likely N-dealkylation sites (N-methyl/N-ethyl adjacent to an activating group) is 1. The number of likely N-dealkylation sites (tertiary alicyclic amines) is 1. The zero-order chi connectivity index (χ0) is 30.9. The van der Waals surface area contributed by atoms with Gasteiger partial charge in [0.1, 0.15) is 29.4 Å². The van der Waals surface area contributed by atoms with Crippen molar-refractivity contribution in [3.63, 3.8) is 0 Å². The molecule has 4 saturated heterocycles. The molecule has 4 aliphatic rings. The molecule has 2 N–H and O–H groups in total. The van der Waals surface area contributed by atoms with Gasteiger partial charge >= 0.3 is 12.2 Å². The van der Waals surface area contributed by atoms with Gasteiger partial charge in [-0.25, -0.2) is 8.78 Å². The van der Waals surface area contributed by atoms with Crippen molar-refractivity contribution in [3.8, 4) is 17.4 Å². The summed E-state index contributed by atoms with van der Waals surface area (Å²) in [5.41, 5.74) is -3.73. The van der Waals surface area contributed by atoms with Crippen molar-refractivity contribution in [2.24, 2.45) is 0 Å².